The Morgan fingerprint density at radius 1 is 1.05 bits per heavy atom. The van der Waals surface area contributed by atoms with Crippen molar-refractivity contribution in [2.24, 2.45) is 0 Å². The monoisotopic (exact) mass is 315 g/mol. The van der Waals surface area contributed by atoms with E-state index in [1.165, 1.54) is 38.5 Å². The number of likely N-dealkylation sites (tertiary alicyclic amines) is 1. The second kappa shape index (κ2) is 10.4. The van der Waals surface area contributed by atoms with Crippen LogP contribution in [-0.2, 0) is 9.53 Å². The largest absolute Gasteiger partial charge is 0.480 e. The number of carboxylic acid groups (broad SMARTS) is 2. The summed E-state index contributed by atoms with van der Waals surface area (Å²) in [6.45, 7) is 2.95. The molecule has 0 saturated carbocycles. The van der Waals surface area contributed by atoms with Crippen LogP contribution < -0.4 is 0 Å². The van der Waals surface area contributed by atoms with Gasteiger partial charge in [0.05, 0.1) is 12.6 Å². The third-order valence-corrected chi connectivity index (χ3v) is 4.14. The smallest absolute Gasteiger partial charge is 0.408 e. The van der Waals surface area contributed by atoms with E-state index in [0.717, 1.165) is 17.7 Å². The Labute approximate surface area is 132 Å². The molecular weight excluding hydrogens is 286 g/mol. The van der Waals surface area contributed by atoms with Gasteiger partial charge in [0, 0.05) is 13.0 Å². The molecule has 2 atom stereocenters. The summed E-state index contributed by atoms with van der Waals surface area (Å²) in [7, 11) is 0. The minimum absolute atomic E-state index is 0.156. The van der Waals surface area contributed by atoms with Gasteiger partial charge in [-0.1, -0.05) is 51.9 Å². The maximum atomic E-state index is 11.0. The van der Waals surface area contributed by atoms with Gasteiger partial charge in [0.25, 0.3) is 0 Å². The van der Waals surface area contributed by atoms with Crippen molar-refractivity contribution in [2.75, 3.05) is 13.2 Å². The van der Waals surface area contributed by atoms with Gasteiger partial charge in [-0.2, -0.15) is 0 Å². The average Bonchev–Trinajstić information content (AvgIpc) is 2.90. The highest BCUT2D eigenvalue weighted by atomic mass is 16.5. The zero-order valence-corrected chi connectivity index (χ0v) is 13.5. The third kappa shape index (κ3) is 6.64. The Kier molecular flexibility index (Phi) is 8.89. The number of amides is 1. The molecule has 0 aromatic carbocycles. The number of hydrogen-bond donors (Lipinski definition) is 2. The molecule has 128 valence electrons. The van der Waals surface area contributed by atoms with Gasteiger partial charge in [-0.05, 0) is 6.42 Å². The molecule has 0 spiro atoms. The maximum absolute atomic E-state index is 11.0. The van der Waals surface area contributed by atoms with Gasteiger partial charge in [-0.3, -0.25) is 4.90 Å². The molecule has 1 saturated heterocycles. The molecule has 1 rings (SSSR count). The zero-order valence-electron chi connectivity index (χ0n) is 13.5. The van der Waals surface area contributed by atoms with Crippen molar-refractivity contribution in [2.45, 2.75) is 76.9 Å². The van der Waals surface area contributed by atoms with Crippen LogP contribution in [0.4, 0.5) is 4.79 Å². The first-order valence-corrected chi connectivity index (χ1v) is 8.40. The summed E-state index contributed by atoms with van der Waals surface area (Å²) in [5.74, 6) is -1.10. The fraction of sp³-hybridized carbons (Fsp3) is 0.875. The topological polar surface area (TPSA) is 87.1 Å². The number of ether oxygens (including phenoxy) is 1. The van der Waals surface area contributed by atoms with Crippen LogP contribution in [0.25, 0.3) is 0 Å². The lowest BCUT2D eigenvalue weighted by atomic mass is 10.1. The second-order valence-corrected chi connectivity index (χ2v) is 5.99. The summed E-state index contributed by atoms with van der Waals surface area (Å²) in [6.07, 6.45) is 8.50. The standard InChI is InChI=1S/C16H29NO5/c1-2-3-4-5-6-7-8-9-10-22-13-11-14(15(18)19)17(12-13)16(20)21/h13-14H,2-12H2,1H3,(H,18,19)(H,20,21)/t13-,14-/m1/s1. The van der Waals surface area contributed by atoms with E-state index in [4.69, 9.17) is 14.9 Å². The Balaban J connectivity index is 2.08. The van der Waals surface area contributed by atoms with E-state index in [2.05, 4.69) is 6.92 Å². The first-order valence-electron chi connectivity index (χ1n) is 8.40. The quantitative estimate of drug-likeness (QED) is 0.571. The lowest BCUT2D eigenvalue weighted by Gasteiger charge is -2.16. The third-order valence-electron chi connectivity index (χ3n) is 4.14. The molecule has 0 unspecified atom stereocenters. The molecule has 6 heteroatoms. The van der Waals surface area contributed by atoms with Crippen molar-refractivity contribution < 1.29 is 24.5 Å². The van der Waals surface area contributed by atoms with Crippen molar-refractivity contribution in [1.29, 1.82) is 0 Å². The van der Waals surface area contributed by atoms with Gasteiger partial charge >= 0.3 is 12.1 Å². The summed E-state index contributed by atoms with van der Waals surface area (Å²) >= 11 is 0. The number of hydrogen-bond acceptors (Lipinski definition) is 3. The molecule has 2 N–H and O–H groups in total. The van der Waals surface area contributed by atoms with Gasteiger partial charge in [-0.15, -0.1) is 0 Å². The Morgan fingerprint density at radius 2 is 1.64 bits per heavy atom. The van der Waals surface area contributed by atoms with Gasteiger partial charge in [-0.25, -0.2) is 9.59 Å². The van der Waals surface area contributed by atoms with E-state index in [1.807, 2.05) is 0 Å². The summed E-state index contributed by atoms with van der Waals surface area (Å²) in [6, 6.07) is -0.971. The van der Waals surface area contributed by atoms with Crippen molar-refractivity contribution in [3.05, 3.63) is 0 Å². The molecule has 0 bridgehead atoms. The molecule has 0 aromatic heterocycles. The average molecular weight is 315 g/mol. The van der Waals surface area contributed by atoms with E-state index < -0.39 is 18.1 Å². The van der Waals surface area contributed by atoms with Crippen molar-refractivity contribution in [3.8, 4) is 0 Å². The fourth-order valence-electron chi connectivity index (χ4n) is 2.85. The predicted molar refractivity (Wildman–Crippen MR) is 83.1 cm³/mol. The van der Waals surface area contributed by atoms with Crippen LogP contribution in [0.15, 0.2) is 0 Å². The minimum atomic E-state index is -1.19. The predicted octanol–water partition coefficient (Wildman–Crippen LogP) is 3.35. The number of carboxylic acids is 1. The molecule has 1 aliphatic rings. The van der Waals surface area contributed by atoms with E-state index >= 15 is 0 Å². The summed E-state index contributed by atoms with van der Waals surface area (Å²) in [5, 5.41) is 18.0. The van der Waals surface area contributed by atoms with E-state index in [9.17, 15) is 9.59 Å². The van der Waals surface area contributed by atoms with Crippen LogP contribution in [0.3, 0.4) is 0 Å². The molecule has 0 aliphatic carbocycles. The molecular formula is C16H29NO5. The van der Waals surface area contributed by atoms with Crippen molar-refractivity contribution in [3.63, 3.8) is 0 Å². The Morgan fingerprint density at radius 3 is 2.14 bits per heavy atom. The highest BCUT2D eigenvalue weighted by Crippen LogP contribution is 2.21. The molecule has 0 radical (unpaired) electrons. The molecule has 1 fully saturated rings. The van der Waals surface area contributed by atoms with Gasteiger partial charge in [0.15, 0.2) is 0 Å². The van der Waals surface area contributed by atoms with Crippen molar-refractivity contribution >= 4 is 12.1 Å². The van der Waals surface area contributed by atoms with Crippen LogP contribution in [0, 0.1) is 0 Å². The number of aliphatic carboxylic acids is 1. The summed E-state index contributed by atoms with van der Waals surface area (Å²) < 4.78 is 5.64. The highest BCUT2D eigenvalue weighted by Gasteiger charge is 2.40. The summed E-state index contributed by atoms with van der Waals surface area (Å²) in [4.78, 5) is 23.0. The lowest BCUT2D eigenvalue weighted by molar-refractivity contribution is -0.141. The first kappa shape index (κ1) is 18.7. The molecule has 22 heavy (non-hydrogen) atoms. The number of unbranched alkanes of at least 4 members (excludes halogenated alkanes) is 7. The number of carbonyl (C=O) groups is 2. The lowest BCUT2D eigenvalue weighted by Crippen LogP contribution is -2.39. The van der Waals surface area contributed by atoms with Gasteiger partial charge in [0.2, 0.25) is 0 Å². The maximum Gasteiger partial charge on any atom is 0.408 e. The minimum Gasteiger partial charge on any atom is -0.480 e. The number of nitrogens with zero attached hydrogens (tertiary/aromatic N) is 1. The number of rotatable bonds is 11. The molecule has 1 heterocycles. The van der Waals surface area contributed by atoms with Crippen LogP contribution in [0.5, 0.6) is 0 Å². The molecule has 1 aliphatic heterocycles. The van der Waals surface area contributed by atoms with E-state index in [0.29, 0.717) is 6.61 Å². The Hall–Kier alpha value is -1.30. The van der Waals surface area contributed by atoms with Crippen LogP contribution in [0.2, 0.25) is 0 Å². The molecule has 6 nitrogen and oxygen atoms in total. The second-order valence-electron chi connectivity index (χ2n) is 5.99. The van der Waals surface area contributed by atoms with Gasteiger partial charge < -0.3 is 14.9 Å². The van der Waals surface area contributed by atoms with Crippen LogP contribution >= 0.6 is 0 Å². The van der Waals surface area contributed by atoms with E-state index in [-0.39, 0.29) is 19.1 Å². The summed E-state index contributed by atoms with van der Waals surface area (Å²) in [5.41, 5.74) is 0. The van der Waals surface area contributed by atoms with E-state index in [1.54, 1.807) is 0 Å². The molecule has 1 amide bonds. The molecule has 0 aromatic rings. The first-order chi connectivity index (χ1) is 10.6. The fourth-order valence-corrected chi connectivity index (χ4v) is 2.85. The van der Waals surface area contributed by atoms with Crippen LogP contribution in [-0.4, -0.2) is 52.5 Å². The van der Waals surface area contributed by atoms with Gasteiger partial charge in [0.1, 0.15) is 6.04 Å². The zero-order chi connectivity index (χ0) is 16.4. The van der Waals surface area contributed by atoms with Crippen LogP contribution in [0.1, 0.15) is 64.7 Å². The normalized spacial score (nSPS) is 21.2. The SMILES string of the molecule is CCCCCCCCCCO[C@@H]1C[C@H](C(=O)O)N(C(=O)O)C1. The van der Waals surface area contributed by atoms with Crippen molar-refractivity contribution in [1.82, 2.24) is 4.90 Å². The Bertz CT molecular complexity index is 325. The highest BCUT2D eigenvalue weighted by molar-refractivity contribution is 5.80.